The van der Waals surface area contributed by atoms with Gasteiger partial charge in [0.25, 0.3) is 0 Å². The van der Waals surface area contributed by atoms with Crippen LogP contribution >= 0.6 is 0 Å². The zero-order valence-corrected chi connectivity index (χ0v) is 12.8. The van der Waals surface area contributed by atoms with Crippen LogP contribution in [0.15, 0.2) is 4.90 Å². The average Bonchev–Trinajstić information content (AvgIpc) is 2.52. The highest BCUT2D eigenvalue weighted by Crippen LogP contribution is 2.22. The van der Waals surface area contributed by atoms with Gasteiger partial charge < -0.3 is 0 Å². The summed E-state index contributed by atoms with van der Waals surface area (Å²) in [5.41, 5.74) is 1.26. The summed E-state index contributed by atoms with van der Waals surface area (Å²) in [5.74, 6) is 0. The monoisotopic (exact) mass is 285 g/mol. The van der Waals surface area contributed by atoms with Crippen molar-refractivity contribution in [3.05, 3.63) is 11.4 Å². The fraction of sp³-hybridized carbons (Fsp3) is 0.769. The van der Waals surface area contributed by atoms with Gasteiger partial charge in [0.2, 0.25) is 10.0 Å². The fourth-order valence-corrected chi connectivity index (χ4v) is 4.56. The Balaban J connectivity index is 2.22. The van der Waals surface area contributed by atoms with E-state index >= 15 is 0 Å². The number of rotatable bonds is 3. The van der Waals surface area contributed by atoms with E-state index in [4.69, 9.17) is 0 Å². The number of sulfonamides is 1. The average molecular weight is 285 g/mol. The summed E-state index contributed by atoms with van der Waals surface area (Å²) in [7, 11) is -1.68. The lowest BCUT2D eigenvalue weighted by molar-refractivity contribution is 0.509. The molecule has 0 unspecified atom stereocenters. The number of aromatic nitrogens is 2. The zero-order chi connectivity index (χ0) is 14.0. The van der Waals surface area contributed by atoms with Crippen LogP contribution < -0.4 is 4.72 Å². The van der Waals surface area contributed by atoms with E-state index in [9.17, 15) is 8.42 Å². The molecule has 108 valence electrons. The third kappa shape index (κ3) is 3.17. The highest BCUT2D eigenvalue weighted by atomic mass is 32.2. The summed E-state index contributed by atoms with van der Waals surface area (Å²) in [6.07, 6.45) is 6.53. The molecule has 0 aromatic carbocycles. The molecule has 1 aromatic rings. The van der Waals surface area contributed by atoms with Crippen molar-refractivity contribution in [3.63, 3.8) is 0 Å². The summed E-state index contributed by atoms with van der Waals surface area (Å²) >= 11 is 0. The Labute approximate surface area is 115 Å². The van der Waals surface area contributed by atoms with E-state index in [1.54, 1.807) is 25.6 Å². The summed E-state index contributed by atoms with van der Waals surface area (Å²) in [6.45, 7) is 3.54. The van der Waals surface area contributed by atoms with Crippen molar-refractivity contribution in [2.24, 2.45) is 7.05 Å². The molecule has 0 bridgehead atoms. The van der Waals surface area contributed by atoms with Crippen molar-refractivity contribution in [3.8, 4) is 0 Å². The minimum Gasteiger partial charge on any atom is -0.271 e. The van der Waals surface area contributed by atoms with Crippen molar-refractivity contribution >= 4 is 10.0 Å². The van der Waals surface area contributed by atoms with E-state index in [1.807, 2.05) is 0 Å². The van der Waals surface area contributed by atoms with Crippen molar-refractivity contribution in [1.29, 1.82) is 0 Å². The van der Waals surface area contributed by atoms with Gasteiger partial charge in [-0.2, -0.15) is 5.10 Å². The molecule has 6 heteroatoms. The van der Waals surface area contributed by atoms with Gasteiger partial charge >= 0.3 is 0 Å². The Bertz CT molecular complexity index is 540. The van der Waals surface area contributed by atoms with Crippen LogP contribution in [0.4, 0.5) is 0 Å². The lowest BCUT2D eigenvalue weighted by Crippen LogP contribution is -2.35. The minimum absolute atomic E-state index is 0.0755. The summed E-state index contributed by atoms with van der Waals surface area (Å²) in [6, 6.07) is 0.0755. The van der Waals surface area contributed by atoms with Crippen molar-refractivity contribution < 1.29 is 8.42 Å². The molecule has 5 nitrogen and oxygen atoms in total. The molecule has 1 aliphatic carbocycles. The quantitative estimate of drug-likeness (QED) is 0.864. The highest BCUT2D eigenvalue weighted by molar-refractivity contribution is 7.89. The lowest BCUT2D eigenvalue weighted by atomic mass is 10.1. The number of hydrogen-bond acceptors (Lipinski definition) is 3. The van der Waals surface area contributed by atoms with Gasteiger partial charge in [0.15, 0.2) is 0 Å². The second-order valence-corrected chi connectivity index (χ2v) is 7.08. The molecule has 1 aliphatic rings. The van der Waals surface area contributed by atoms with Crippen LogP contribution in [0.25, 0.3) is 0 Å². The van der Waals surface area contributed by atoms with Crippen LogP contribution in [0.3, 0.4) is 0 Å². The van der Waals surface area contributed by atoms with Gasteiger partial charge in [-0.25, -0.2) is 13.1 Å². The first kappa shape index (κ1) is 14.5. The fourth-order valence-electron chi connectivity index (χ4n) is 2.82. The van der Waals surface area contributed by atoms with Gasteiger partial charge in [-0.3, -0.25) is 4.68 Å². The molecule has 19 heavy (non-hydrogen) atoms. The highest BCUT2D eigenvalue weighted by Gasteiger charge is 2.26. The van der Waals surface area contributed by atoms with E-state index in [-0.39, 0.29) is 6.04 Å². The van der Waals surface area contributed by atoms with Gasteiger partial charge in [0, 0.05) is 13.1 Å². The Hall–Kier alpha value is -0.880. The summed E-state index contributed by atoms with van der Waals surface area (Å²) in [4.78, 5) is 0.347. The molecule has 1 heterocycles. The van der Waals surface area contributed by atoms with Crippen LogP contribution in [0.1, 0.15) is 49.9 Å². The Morgan fingerprint density at radius 1 is 1.16 bits per heavy atom. The van der Waals surface area contributed by atoms with Crippen LogP contribution in [0.2, 0.25) is 0 Å². The van der Waals surface area contributed by atoms with Gasteiger partial charge in [-0.05, 0) is 26.7 Å². The molecule has 2 rings (SSSR count). The number of nitrogens with one attached hydrogen (secondary N) is 1. The summed E-state index contributed by atoms with van der Waals surface area (Å²) in [5, 5.41) is 4.19. The lowest BCUT2D eigenvalue weighted by Gasteiger charge is -2.16. The standard InChI is InChI=1S/C13H23N3O2S/c1-10-13(11(2)16(3)14-10)19(17,18)15-12-8-6-4-5-7-9-12/h12,15H,4-9H2,1-3H3. The molecule has 1 aromatic heterocycles. The Morgan fingerprint density at radius 3 is 2.21 bits per heavy atom. The minimum atomic E-state index is -3.45. The normalized spacial score (nSPS) is 18.5. The van der Waals surface area contributed by atoms with E-state index in [1.165, 1.54) is 12.8 Å². The Morgan fingerprint density at radius 2 is 1.74 bits per heavy atom. The number of aryl methyl sites for hydroxylation is 2. The maximum absolute atomic E-state index is 12.5. The molecule has 0 radical (unpaired) electrons. The SMILES string of the molecule is Cc1nn(C)c(C)c1S(=O)(=O)NC1CCCCCC1. The largest absolute Gasteiger partial charge is 0.271 e. The van der Waals surface area contributed by atoms with Crippen LogP contribution in [-0.2, 0) is 17.1 Å². The van der Waals surface area contributed by atoms with Gasteiger partial charge in [-0.15, -0.1) is 0 Å². The third-order valence-corrected chi connectivity index (χ3v) is 5.66. The predicted octanol–water partition coefficient (Wildman–Crippen LogP) is 2.04. The van der Waals surface area contributed by atoms with Crippen molar-refractivity contribution in [1.82, 2.24) is 14.5 Å². The second-order valence-electron chi connectivity index (χ2n) is 5.43. The van der Waals surface area contributed by atoms with Crippen LogP contribution in [0.5, 0.6) is 0 Å². The molecular formula is C13H23N3O2S. The molecule has 1 saturated carbocycles. The van der Waals surface area contributed by atoms with E-state index in [0.29, 0.717) is 16.3 Å². The van der Waals surface area contributed by atoms with E-state index in [0.717, 1.165) is 25.7 Å². The smallest absolute Gasteiger partial charge is 0.244 e. The van der Waals surface area contributed by atoms with E-state index < -0.39 is 10.0 Å². The van der Waals surface area contributed by atoms with Crippen LogP contribution in [-0.4, -0.2) is 24.2 Å². The molecule has 0 spiro atoms. The number of hydrogen-bond donors (Lipinski definition) is 1. The molecule has 0 saturated heterocycles. The third-order valence-electron chi connectivity index (χ3n) is 3.89. The van der Waals surface area contributed by atoms with Crippen molar-refractivity contribution in [2.75, 3.05) is 0 Å². The van der Waals surface area contributed by atoms with E-state index in [2.05, 4.69) is 9.82 Å². The van der Waals surface area contributed by atoms with Gasteiger partial charge in [-0.1, -0.05) is 25.7 Å². The molecular weight excluding hydrogens is 262 g/mol. The first-order valence-electron chi connectivity index (χ1n) is 6.94. The molecule has 0 aliphatic heterocycles. The summed E-state index contributed by atoms with van der Waals surface area (Å²) < 4.78 is 29.5. The maximum Gasteiger partial charge on any atom is 0.244 e. The maximum atomic E-state index is 12.5. The zero-order valence-electron chi connectivity index (χ0n) is 11.9. The first-order chi connectivity index (χ1) is 8.92. The first-order valence-corrected chi connectivity index (χ1v) is 8.42. The van der Waals surface area contributed by atoms with Crippen LogP contribution in [0, 0.1) is 13.8 Å². The molecule has 0 atom stereocenters. The predicted molar refractivity (Wildman–Crippen MR) is 74.5 cm³/mol. The van der Waals surface area contributed by atoms with Gasteiger partial charge in [0.1, 0.15) is 4.90 Å². The molecule has 1 N–H and O–H groups in total. The second kappa shape index (κ2) is 5.63. The molecule has 1 fully saturated rings. The topological polar surface area (TPSA) is 64.0 Å². The number of nitrogens with zero attached hydrogens (tertiary/aromatic N) is 2. The molecule has 0 amide bonds. The van der Waals surface area contributed by atoms with Crippen molar-refractivity contribution in [2.45, 2.75) is 63.3 Å². The Kier molecular flexibility index (Phi) is 4.30. The van der Waals surface area contributed by atoms with Gasteiger partial charge in [0.05, 0.1) is 11.4 Å².